The molecule has 0 spiro atoms. The number of pyridine rings is 1. The zero-order valence-corrected chi connectivity index (χ0v) is 14.8. The van der Waals surface area contributed by atoms with E-state index in [1.807, 2.05) is 24.3 Å². The van der Waals surface area contributed by atoms with Crippen LogP contribution in [0.4, 0.5) is 13.2 Å². The van der Waals surface area contributed by atoms with Gasteiger partial charge in [-0.25, -0.2) is 14.8 Å². The van der Waals surface area contributed by atoms with Crippen LogP contribution in [0.15, 0.2) is 53.6 Å². The number of fused-ring (bicyclic) bond motifs is 1. The molecule has 2 N–H and O–H groups in total. The molecule has 0 aliphatic carbocycles. The first kappa shape index (κ1) is 19.9. The fourth-order valence-electron chi connectivity index (χ4n) is 2.28. The van der Waals surface area contributed by atoms with Gasteiger partial charge in [0.25, 0.3) is 0 Å². The van der Waals surface area contributed by atoms with Crippen LogP contribution in [0.3, 0.4) is 0 Å². The lowest BCUT2D eigenvalue weighted by Crippen LogP contribution is -2.21. The van der Waals surface area contributed by atoms with Crippen molar-refractivity contribution >= 4 is 17.1 Å². The molecule has 4 rings (SSSR count). The lowest BCUT2D eigenvalue weighted by molar-refractivity contribution is -0.192. The average molecular weight is 406 g/mol. The van der Waals surface area contributed by atoms with Crippen LogP contribution < -0.4 is 4.74 Å². The van der Waals surface area contributed by atoms with E-state index in [0.717, 1.165) is 22.3 Å². The monoisotopic (exact) mass is 406 g/mol. The molecule has 11 heteroatoms. The summed E-state index contributed by atoms with van der Waals surface area (Å²) in [5, 5.41) is 7.12. The van der Waals surface area contributed by atoms with Gasteiger partial charge in [-0.15, -0.1) is 0 Å². The Morgan fingerprint density at radius 2 is 1.90 bits per heavy atom. The summed E-state index contributed by atoms with van der Waals surface area (Å²) < 4.78 is 42.7. The maximum Gasteiger partial charge on any atom is 0.490 e. The van der Waals surface area contributed by atoms with Gasteiger partial charge in [0.2, 0.25) is 5.89 Å². The smallest absolute Gasteiger partial charge is 0.490 e. The summed E-state index contributed by atoms with van der Waals surface area (Å²) in [6.07, 6.45) is 1.65. The van der Waals surface area contributed by atoms with Gasteiger partial charge in [-0.05, 0) is 23.8 Å². The van der Waals surface area contributed by atoms with Crippen LogP contribution in [0.2, 0.25) is 0 Å². The third-order valence-corrected chi connectivity index (χ3v) is 3.64. The van der Waals surface area contributed by atoms with E-state index in [9.17, 15) is 13.2 Å². The summed E-state index contributed by atoms with van der Waals surface area (Å²) >= 11 is 0. The molecule has 150 valence electrons. The Hall–Kier alpha value is -3.89. The summed E-state index contributed by atoms with van der Waals surface area (Å²) in [6, 6.07) is 7.78. The van der Waals surface area contributed by atoms with Crippen molar-refractivity contribution in [1.29, 1.82) is 0 Å². The second-order valence-electron chi connectivity index (χ2n) is 5.58. The normalized spacial score (nSPS) is 11.0. The molecule has 0 saturated carbocycles. The van der Waals surface area contributed by atoms with E-state index in [-0.39, 0.29) is 0 Å². The van der Waals surface area contributed by atoms with Crippen molar-refractivity contribution in [3.8, 4) is 28.5 Å². The Labute approximate surface area is 161 Å². The lowest BCUT2D eigenvalue weighted by Gasteiger charge is -2.03. The zero-order chi connectivity index (χ0) is 21.0. The topological polar surface area (TPSA) is 114 Å². The van der Waals surface area contributed by atoms with Crippen molar-refractivity contribution in [3.05, 3.63) is 49.2 Å². The van der Waals surface area contributed by atoms with Crippen LogP contribution >= 0.6 is 0 Å². The number of halogens is 3. The first-order chi connectivity index (χ1) is 13.8. The summed E-state index contributed by atoms with van der Waals surface area (Å²) in [7, 11) is 1.62. The van der Waals surface area contributed by atoms with Gasteiger partial charge in [0.05, 0.1) is 25.8 Å². The van der Waals surface area contributed by atoms with E-state index in [2.05, 4.69) is 19.9 Å². The van der Waals surface area contributed by atoms with E-state index < -0.39 is 12.1 Å². The molecule has 0 atom stereocenters. The highest BCUT2D eigenvalue weighted by molar-refractivity contribution is 5.82. The van der Waals surface area contributed by atoms with Crippen LogP contribution in [0.25, 0.3) is 33.8 Å². The number of aromatic amines is 1. The molecule has 0 bridgehead atoms. The minimum atomic E-state index is -5.08. The van der Waals surface area contributed by atoms with Gasteiger partial charge in [0.15, 0.2) is 5.58 Å². The Balaban J connectivity index is 0.000000298. The number of carbonyl (C=O) groups is 1. The first-order valence-electron chi connectivity index (χ1n) is 7.97. The average Bonchev–Trinajstić information content (AvgIpc) is 3.36. The number of ether oxygens (including phenoxy) is 1. The number of nitrogens with one attached hydrogen (secondary N) is 1. The van der Waals surface area contributed by atoms with Crippen molar-refractivity contribution < 1.29 is 32.2 Å². The van der Waals surface area contributed by atoms with Crippen LogP contribution in [0.1, 0.15) is 0 Å². The van der Waals surface area contributed by atoms with E-state index in [4.69, 9.17) is 19.1 Å². The zero-order valence-electron chi connectivity index (χ0n) is 14.8. The third kappa shape index (κ3) is 4.69. The van der Waals surface area contributed by atoms with Gasteiger partial charge in [-0.1, -0.05) is 6.07 Å². The number of rotatable bonds is 3. The van der Waals surface area contributed by atoms with Gasteiger partial charge in [-0.3, -0.25) is 4.98 Å². The fraction of sp³-hybridized carbons (Fsp3) is 0.111. The Bertz CT molecular complexity index is 1120. The molecule has 0 aliphatic rings. The number of methoxy groups -OCH3 is 1. The van der Waals surface area contributed by atoms with Crippen LogP contribution in [-0.4, -0.2) is 44.3 Å². The predicted octanol–water partition coefficient (Wildman–Crippen LogP) is 3.92. The molecule has 3 heterocycles. The maximum absolute atomic E-state index is 10.6. The number of alkyl halides is 3. The lowest BCUT2D eigenvalue weighted by atomic mass is 10.1. The summed E-state index contributed by atoms with van der Waals surface area (Å²) in [5.74, 6) is -1.52. The van der Waals surface area contributed by atoms with Gasteiger partial charge in [-0.2, -0.15) is 13.2 Å². The quantitative estimate of drug-likeness (QED) is 0.530. The number of oxazole rings is 1. The number of imidazole rings is 1. The molecular weight excluding hydrogens is 393 g/mol. The minimum Gasteiger partial charge on any atom is -0.495 e. The Kier molecular flexibility index (Phi) is 5.48. The number of carboxylic acids is 1. The summed E-state index contributed by atoms with van der Waals surface area (Å²) in [5.41, 5.74) is 4.21. The van der Waals surface area contributed by atoms with Crippen molar-refractivity contribution in [3.63, 3.8) is 0 Å². The summed E-state index contributed by atoms with van der Waals surface area (Å²) in [6.45, 7) is 0. The number of H-pyrrole nitrogens is 1. The number of carboxylic acid groups (broad SMARTS) is 1. The number of aliphatic carboxylic acids is 1. The van der Waals surface area contributed by atoms with Gasteiger partial charge in [0, 0.05) is 11.8 Å². The van der Waals surface area contributed by atoms with E-state index in [1.54, 1.807) is 32.0 Å². The van der Waals surface area contributed by atoms with Gasteiger partial charge in [0.1, 0.15) is 17.0 Å². The van der Waals surface area contributed by atoms with Crippen LogP contribution in [0.5, 0.6) is 5.75 Å². The molecule has 0 amide bonds. The molecule has 3 aromatic heterocycles. The predicted molar refractivity (Wildman–Crippen MR) is 95.1 cm³/mol. The largest absolute Gasteiger partial charge is 0.495 e. The Morgan fingerprint density at radius 3 is 2.52 bits per heavy atom. The highest BCUT2D eigenvalue weighted by Gasteiger charge is 2.38. The highest BCUT2D eigenvalue weighted by atomic mass is 19.4. The molecule has 1 aromatic carbocycles. The highest BCUT2D eigenvalue weighted by Crippen LogP contribution is 2.28. The number of aromatic nitrogens is 4. The second-order valence-corrected chi connectivity index (χ2v) is 5.58. The van der Waals surface area contributed by atoms with Crippen molar-refractivity contribution in [2.24, 2.45) is 0 Å². The standard InChI is InChI=1S/C16H12N4O2.C2HF3O2/c1-21-12-4-11(6-17-7-12)10-2-3-13-15(5-10)22-16(20-13)14-8-18-9-19-14;3-2(4,5)1(6)7/h2-9H,1H3,(H,18,19);(H,6,7). The molecule has 0 saturated heterocycles. The first-order valence-corrected chi connectivity index (χ1v) is 7.97. The van der Waals surface area contributed by atoms with Crippen LogP contribution in [-0.2, 0) is 4.79 Å². The van der Waals surface area contributed by atoms with Gasteiger partial charge < -0.3 is 19.2 Å². The fourth-order valence-corrected chi connectivity index (χ4v) is 2.28. The van der Waals surface area contributed by atoms with Crippen molar-refractivity contribution in [2.45, 2.75) is 6.18 Å². The molecule has 8 nitrogen and oxygen atoms in total. The van der Waals surface area contributed by atoms with E-state index in [1.165, 1.54) is 0 Å². The molecule has 0 aliphatic heterocycles. The molecule has 0 unspecified atom stereocenters. The molecule has 0 radical (unpaired) electrons. The maximum atomic E-state index is 10.6. The van der Waals surface area contributed by atoms with Crippen molar-refractivity contribution in [2.75, 3.05) is 7.11 Å². The minimum absolute atomic E-state index is 0.522. The van der Waals surface area contributed by atoms with Crippen molar-refractivity contribution in [1.82, 2.24) is 19.9 Å². The van der Waals surface area contributed by atoms with Gasteiger partial charge >= 0.3 is 12.1 Å². The Morgan fingerprint density at radius 1 is 1.14 bits per heavy atom. The molecule has 29 heavy (non-hydrogen) atoms. The van der Waals surface area contributed by atoms with E-state index in [0.29, 0.717) is 17.2 Å². The second kappa shape index (κ2) is 8.00. The SMILES string of the molecule is COc1cncc(-c2ccc3nc(-c4cnc[nH]4)oc3c2)c1.O=C(O)C(F)(F)F. The summed E-state index contributed by atoms with van der Waals surface area (Å²) in [4.78, 5) is 24.5. The molecule has 4 aromatic rings. The molecule has 0 fully saturated rings. The number of benzene rings is 1. The number of hydrogen-bond donors (Lipinski definition) is 2. The van der Waals surface area contributed by atoms with E-state index >= 15 is 0 Å². The number of hydrogen-bond acceptors (Lipinski definition) is 6. The van der Waals surface area contributed by atoms with Crippen LogP contribution in [0, 0.1) is 0 Å². The molecular formula is C18H13F3N4O4. The number of nitrogens with zero attached hydrogens (tertiary/aromatic N) is 3. The third-order valence-electron chi connectivity index (χ3n) is 3.64.